The molecule has 0 spiro atoms. The molecule has 1 atom stereocenters. The smallest absolute Gasteiger partial charge is 0.252 e. The van der Waals surface area contributed by atoms with Gasteiger partial charge in [0.2, 0.25) is 5.91 Å². The molecule has 1 aromatic rings. The zero-order valence-corrected chi connectivity index (χ0v) is 12.7. The average Bonchev–Trinajstić information content (AvgIpc) is 2.81. The molecular formula is C11H18N2O4S2. The van der Waals surface area contributed by atoms with Crippen LogP contribution in [0.3, 0.4) is 0 Å². The Morgan fingerprint density at radius 1 is 1.47 bits per heavy atom. The second-order valence-electron chi connectivity index (χ2n) is 4.32. The minimum absolute atomic E-state index is 0.172. The highest BCUT2D eigenvalue weighted by atomic mass is 32.2. The van der Waals surface area contributed by atoms with Gasteiger partial charge in [0.1, 0.15) is 4.21 Å². The van der Waals surface area contributed by atoms with Gasteiger partial charge in [-0.2, -0.15) is 4.31 Å². The molecule has 1 rings (SSSR count). The summed E-state index contributed by atoms with van der Waals surface area (Å²) in [4.78, 5) is 13.1. The van der Waals surface area contributed by atoms with Crippen LogP contribution in [0.2, 0.25) is 0 Å². The van der Waals surface area contributed by atoms with Crippen LogP contribution in [0.4, 0.5) is 0 Å². The van der Waals surface area contributed by atoms with E-state index < -0.39 is 16.1 Å². The Bertz CT molecular complexity index is 511. The van der Waals surface area contributed by atoms with Crippen molar-refractivity contribution in [3.8, 4) is 0 Å². The van der Waals surface area contributed by atoms with Gasteiger partial charge in [0, 0.05) is 20.6 Å². The number of aliphatic hydroxyl groups excluding tert-OH is 1. The second kappa shape index (κ2) is 6.47. The maximum absolute atomic E-state index is 12.1. The lowest BCUT2D eigenvalue weighted by molar-refractivity contribution is -0.131. The Morgan fingerprint density at radius 3 is 2.58 bits per heavy atom. The number of hydrogen-bond donors (Lipinski definition) is 1. The summed E-state index contributed by atoms with van der Waals surface area (Å²) >= 11 is 1.11. The number of likely N-dealkylation sites (N-methyl/N-ethyl adjacent to an activating group) is 2. The summed E-state index contributed by atoms with van der Waals surface area (Å²) in [6.45, 7) is 1.49. The van der Waals surface area contributed by atoms with E-state index in [1.807, 2.05) is 0 Å². The Kier molecular flexibility index (Phi) is 5.48. The molecule has 0 aromatic carbocycles. The number of sulfonamides is 1. The van der Waals surface area contributed by atoms with Crippen molar-refractivity contribution in [2.45, 2.75) is 17.2 Å². The van der Waals surface area contributed by atoms with Crippen LogP contribution in [-0.2, 0) is 14.8 Å². The number of amides is 1. The fourth-order valence-corrected chi connectivity index (χ4v) is 3.78. The van der Waals surface area contributed by atoms with Crippen LogP contribution in [0.5, 0.6) is 0 Å². The third-order valence-electron chi connectivity index (χ3n) is 2.48. The molecule has 0 aliphatic heterocycles. The summed E-state index contributed by atoms with van der Waals surface area (Å²) in [6, 6.07) is 3.15. The predicted molar refractivity (Wildman–Crippen MR) is 73.5 cm³/mol. The lowest BCUT2D eigenvalue weighted by Crippen LogP contribution is -2.41. The van der Waals surface area contributed by atoms with Gasteiger partial charge in [-0.25, -0.2) is 8.42 Å². The highest BCUT2D eigenvalue weighted by Crippen LogP contribution is 2.19. The maximum Gasteiger partial charge on any atom is 0.252 e. The van der Waals surface area contributed by atoms with E-state index in [4.69, 9.17) is 0 Å². The van der Waals surface area contributed by atoms with Gasteiger partial charge in [-0.1, -0.05) is 6.07 Å². The number of aliphatic hydroxyl groups is 1. The molecule has 0 aliphatic rings. The molecule has 0 saturated heterocycles. The van der Waals surface area contributed by atoms with E-state index in [1.54, 1.807) is 18.4 Å². The fourth-order valence-electron chi connectivity index (χ4n) is 1.46. The monoisotopic (exact) mass is 306 g/mol. The van der Waals surface area contributed by atoms with E-state index in [0.29, 0.717) is 0 Å². The second-order valence-corrected chi connectivity index (χ2v) is 7.54. The van der Waals surface area contributed by atoms with Crippen LogP contribution >= 0.6 is 11.3 Å². The number of hydrogen-bond acceptors (Lipinski definition) is 5. The highest BCUT2D eigenvalue weighted by Gasteiger charge is 2.25. The van der Waals surface area contributed by atoms with Gasteiger partial charge in [0.25, 0.3) is 10.0 Å². The number of rotatable bonds is 6. The molecule has 1 amide bonds. The SMILES string of the molecule is CC(O)CN(C)C(=O)CN(C)S(=O)(=O)c1cccs1. The normalized spacial score (nSPS) is 13.5. The van der Waals surface area contributed by atoms with Gasteiger partial charge in [-0.3, -0.25) is 4.79 Å². The molecule has 0 aliphatic carbocycles. The van der Waals surface area contributed by atoms with E-state index in [9.17, 15) is 18.3 Å². The van der Waals surface area contributed by atoms with Crippen LogP contribution in [0.1, 0.15) is 6.92 Å². The van der Waals surface area contributed by atoms with Crippen molar-refractivity contribution in [2.75, 3.05) is 27.2 Å². The largest absolute Gasteiger partial charge is 0.392 e. The first-order valence-corrected chi connectivity index (χ1v) is 7.99. The molecule has 8 heteroatoms. The summed E-state index contributed by atoms with van der Waals surface area (Å²) in [6.07, 6.45) is -0.645. The molecule has 0 radical (unpaired) electrons. The molecule has 19 heavy (non-hydrogen) atoms. The van der Waals surface area contributed by atoms with Crippen molar-refractivity contribution in [3.05, 3.63) is 17.5 Å². The molecule has 108 valence electrons. The molecule has 0 fully saturated rings. The minimum Gasteiger partial charge on any atom is -0.392 e. The highest BCUT2D eigenvalue weighted by molar-refractivity contribution is 7.91. The first-order chi connectivity index (χ1) is 8.75. The van der Waals surface area contributed by atoms with E-state index in [2.05, 4.69) is 0 Å². The Labute approximate surface area is 117 Å². The standard InChI is InChI=1S/C11H18N2O4S2/c1-9(14)7-12(2)10(15)8-13(3)19(16,17)11-5-4-6-18-11/h4-6,9,14H,7-8H2,1-3H3. The molecule has 1 unspecified atom stereocenters. The van der Waals surface area contributed by atoms with E-state index in [-0.39, 0.29) is 23.2 Å². The molecular weight excluding hydrogens is 288 g/mol. The quantitative estimate of drug-likeness (QED) is 0.815. The first kappa shape index (κ1) is 16.1. The van der Waals surface area contributed by atoms with Crippen LogP contribution < -0.4 is 0 Å². The van der Waals surface area contributed by atoms with Gasteiger partial charge in [0.15, 0.2) is 0 Å². The maximum atomic E-state index is 12.1. The number of nitrogens with zero attached hydrogens (tertiary/aromatic N) is 2. The van der Waals surface area contributed by atoms with Crippen molar-refractivity contribution in [1.82, 2.24) is 9.21 Å². The zero-order valence-electron chi connectivity index (χ0n) is 11.1. The summed E-state index contributed by atoms with van der Waals surface area (Å²) in [5.41, 5.74) is 0. The van der Waals surface area contributed by atoms with Gasteiger partial charge in [0.05, 0.1) is 12.6 Å². The van der Waals surface area contributed by atoms with E-state index in [1.165, 1.54) is 25.1 Å². The predicted octanol–water partition coefficient (Wildman–Crippen LogP) is 0.208. The summed E-state index contributed by atoms with van der Waals surface area (Å²) < 4.78 is 25.4. The zero-order chi connectivity index (χ0) is 14.6. The van der Waals surface area contributed by atoms with Crippen molar-refractivity contribution in [3.63, 3.8) is 0 Å². The molecule has 1 N–H and O–H groups in total. The fraction of sp³-hybridized carbons (Fsp3) is 0.545. The number of carbonyl (C=O) groups excluding carboxylic acids is 1. The molecule has 0 saturated carbocycles. The summed E-state index contributed by atoms with van der Waals surface area (Å²) in [7, 11) is -0.718. The molecule has 1 heterocycles. The van der Waals surface area contributed by atoms with Crippen molar-refractivity contribution >= 4 is 27.3 Å². The van der Waals surface area contributed by atoms with Crippen LogP contribution in [0, 0.1) is 0 Å². The third kappa shape index (κ3) is 4.27. The van der Waals surface area contributed by atoms with E-state index >= 15 is 0 Å². The Hall–Kier alpha value is -0.960. The summed E-state index contributed by atoms with van der Waals surface area (Å²) in [5.74, 6) is -0.358. The number of thiophene rings is 1. The lowest BCUT2D eigenvalue weighted by Gasteiger charge is -2.22. The van der Waals surface area contributed by atoms with Crippen molar-refractivity contribution < 1.29 is 18.3 Å². The molecule has 0 bridgehead atoms. The van der Waals surface area contributed by atoms with Crippen molar-refractivity contribution in [2.24, 2.45) is 0 Å². The van der Waals surface area contributed by atoms with Gasteiger partial charge in [-0.05, 0) is 18.4 Å². The Morgan fingerprint density at radius 2 is 2.11 bits per heavy atom. The van der Waals surface area contributed by atoms with Crippen LogP contribution in [0.25, 0.3) is 0 Å². The first-order valence-electron chi connectivity index (χ1n) is 5.67. The third-order valence-corrected chi connectivity index (χ3v) is 5.66. The van der Waals surface area contributed by atoms with Crippen LogP contribution in [0.15, 0.2) is 21.7 Å². The lowest BCUT2D eigenvalue weighted by atomic mass is 10.3. The summed E-state index contributed by atoms with van der Waals surface area (Å²) in [5, 5.41) is 10.9. The van der Waals surface area contributed by atoms with E-state index in [0.717, 1.165) is 15.6 Å². The number of carbonyl (C=O) groups is 1. The van der Waals surface area contributed by atoms with Crippen LogP contribution in [-0.4, -0.2) is 61.9 Å². The molecule has 1 aromatic heterocycles. The average molecular weight is 306 g/mol. The Balaban J connectivity index is 2.70. The molecule has 6 nitrogen and oxygen atoms in total. The van der Waals surface area contributed by atoms with Gasteiger partial charge in [-0.15, -0.1) is 11.3 Å². The van der Waals surface area contributed by atoms with Gasteiger partial charge >= 0.3 is 0 Å². The van der Waals surface area contributed by atoms with Gasteiger partial charge < -0.3 is 10.0 Å². The topological polar surface area (TPSA) is 77.9 Å². The van der Waals surface area contributed by atoms with Crippen molar-refractivity contribution in [1.29, 1.82) is 0 Å². The minimum atomic E-state index is -3.61.